The van der Waals surface area contributed by atoms with Crippen molar-refractivity contribution in [3.05, 3.63) is 35.4 Å². The zero-order valence-electron chi connectivity index (χ0n) is 8.04. The van der Waals surface area contributed by atoms with Gasteiger partial charge in [-0.25, -0.2) is 0 Å². The molecule has 0 amide bonds. The van der Waals surface area contributed by atoms with E-state index < -0.39 is 0 Å². The molecule has 2 N–H and O–H groups in total. The molecular formula is C11H14N2. The van der Waals surface area contributed by atoms with Crippen molar-refractivity contribution in [3.63, 3.8) is 0 Å². The van der Waals surface area contributed by atoms with Crippen molar-refractivity contribution in [1.29, 1.82) is 0 Å². The fourth-order valence-electron chi connectivity index (χ4n) is 1.82. The Hall–Kier alpha value is -1.31. The lowest BCUT2D eigenvalue weighted by Crippen LogP contribution is -2.32. The average Bonchev–Trinajstić information content (AvgIpc) is 2.02. The monoisotopic (exact) mass is 174 g/mol. The lowest BCUT2D eigenvalue weighted by molar-refractivity contribution is 0.512. The number of nitrogens with two attached hydrogens (primary N) is 1. The summed E-state index contributed by atoms with van der Waals surface area (Å²) in [5.41, 5.74) is 8.23. The Kier molecular flexibility index (Phi) is 1.65. The smallest absolute Gasteiger partial charge is 0.126 e. The fraction of sp³-hybridized carbons (Fsp3) is 0.364. The van der Waals surface area contributed by atoms with Gasteiger partial charge in [-0.2, -0.15) is 0 Å². The second-order valence-electron chi connectivity index (χ2n) is 4.14. The predicted octanol–water partition coefficient (Wildman–Crippen LogP) is 1.73. The molecule has 0 bridgehead atoms. The molecule has 2 nitrogen and oxygen atoms in total. The Morgan fingerprint density at radius 2 is 2.00 bits per heavy atom. The van der Waals surface area contributed by atoms with Crippen molar-refractivity contribution in [3.8, 4) is 0 Å². The largest absolute Gasteiger partial charge is 0.383 e. The lowest BCUT2D eigenvalue weighted by atomic mass is 9.89. The van der Waals surface area contributed by atoms with Gasteiger partial charge in [0.1, 0.15) is 5.84 Å². The first-order valence-electron chi connectivity index (χ1n) is 4.52. The van der Waals surface area contributed by atoms with Crippen LogP contribution in [0.5, 0.6) is 0 Å². The summed E-state index contributed by atoms with van der Waals surface area (Å²) in [5, 5.41) is 0. The van der Waals surface area contributed by atoms with Crippen molar-refractivity contribution in [2.45, 2.75) is 25.8 Å². The van der Waals surface area contributed by atoms with Crippen LogP contribution >= 0.6 is 0 Å². The molecule has 1 aliphatic heterocycles. The molecule has 13 heavy (non-hydrogen) atoms. The maximum atomic E-state index is 5.87. The summed E-state index contributed by atoms with van der Waals surface area (Å²) in [6, 6.07) is 8.20. The van der Waals surface area contributed by atoms with Gasteiger partial charge in [-0.1, -0.05) is 24.3 Å². The maximum absolute atomic E-state index is 5.87. The Bertz CT molecular complexity index is 364. The van der Waals surface area contributed by atoms with Crippen LogP contribution in [0.4, 0.5) is 0 Å². The Balaban J connectivity index is 2.55. The molecule has 0 fully saturated rings. The number of hydrogen-bond acceptors (Lipinski definition) is 2. The highest BCUT2D eigenvalue weighted by Crippen LogP contribution is 2.24. The van der Waals surface area contributed by atoms with Gasteiger partial charge in [-0.15, -0.1) is 0 Å². The summed E-state index contributed by atoms with van der Waals surface area (Å²) in [5.74, 6) is 0.673. The van der Waals surface area contributed by atoms with Crippen molar-refractivity contribution in [1.82, 2.24) is 0 Å². The second kappa shape index (κ2) is 2.59. The second-order valence-corrected chi connectivity index (χ2v) is 4.14. The first kappa shape index (κ1) is 8.30. The standard InChI is InChI=1S/C11H14N2/c1-11(2)7-8-5-3-4-6-9(8)10(12)13-11/h3-6H,7H2,1-2H3,(H2,12,13). The van der Waals surface area contributed by atoms with Crippen LogP contribution in [0.15, 0.2) is 29.3 Å². The zero-order chi connectivity index (χ0) is 9.47. The summed E-state index contributed by atoms with van der Waals surface area (Å²) in [4.78, 5) is 4.45. The Morgan fingerprint density at radius 1 is 1.31 bits per heavy atom. The molecule has 0 unspecified atom stereocenters. The number of benzene rings is 1. The van der Waals surface area contributed by atoms with Crippen LogP contribution in [0, 0.1) is 0 Å². The SMILES string of the molecule is CC1(C)Cc2ccccc2C(N)=N1. The summed E-state index contributed by atoms with van der Waals surface area (Å²) in [6.45, 7) is 4.21. The van der Waals surface area contributed by atoms with Crippen molar-refractivity contribution >= 4 is 5.84 Å². The highest BCUT2D eigenvalue weighted by atomic mass is 14.9. The minimum Gasteiger partial charge on any atom is -0.383 e. The van der Waals surface area contributed by atoms with E-state index >= 15 is 0 Å². The van der Waals surface area contributed by atoms with Gasteiger partial charge in [0.2, 0.25) is 0 Å². The molecule has 1 aromatic carbocycles. The number of rotatable bonds is 0. The number of nitrogens with zero attached hydrogens (tertiary/aromatic N) is 1. The predicted molar refractivity (Wildman–Crippen MR) is 54.9 cm³/mol. The topological polar surface area (TPSA) is 38.4 Å². The molecular weight excluding hydrogens is 160 g/mol. The number of fused-ring (bicyclic) bond motifs is 1. The van der Waals surface area contributed by atoms with Crippen LogP contribution < -0.4 is 5.73 Å². The molecule has 0 saturated heterocycles. The van der Waals surface area contributed by atoms with Crippen LogP contribution in [0.25, 0.3) is 0 Å². The van der Waals surface area contributed by atoms with Gasteiger partial charge in [-0.05, 0) is 25.8 Å². The third-order valence-electron chi connectivity index (χ3n) is 2.34. The highest BCUT2D eigenvalue weighted by molar-refractivity contribution is 5.99. The molecule has 0 saturated carbocycles. The molecule has 2 heteroatoms. The summed E-state index contributed by atoms with van der Waals surface area (Å²) >= 11 is 0. The molecule has 0 aromatic heterocycles. The minimum absolute atomic E-state index is 0.0432. The number of amidine groups is 1. The zero-order valence-corrected chi connectivity index (χ0v) is 8.04. The van der Waals surface area contributed by atoms with E-state index in [1.165, 1.54) is 5.56 Å². The molecule has 1 aromatic rings. The molecule has 0 atom stereocenters. The van der Waals surface area contributed by atoms with Crippen LogP contribution in [-0.2, 0) is 6.42 Å². The molecule has 2 rings (SSSR count). The van der Waals surface area contributed by atoms with E-state index in [2.05, 4.69) is 24.9 Å². The van der Waals surface area contributed by atoms with Gasteiger partial charge in [0.25, 0.3) is 0 Å². The van der Waals surface area contributed by atoms with Crippen molar-refractivity contribution in [2.24, 2.45) is 10.7 Å². The molecule has 1 aliphatic rings. The van der Waals surface area contributed by atoms with Crippen molar-refractivity contribution < 1.29 is 0 Å². The number of aliphatic imine (C=N–C) groups is 1. The van der Waals surface area contributed by atoms with Gasteiger partial charge >= 0.3 is 0 Å². The van der Waals surface area contributed by atoms with E-state index in [1.54, 1.807) is 0 Å². The van der Waals surface area contributed by atoms with E-state index in [4.69, 9.17) is 5.73 Å². The van der Waals surface area contributed by atoms with Gasteiger partial charge in [0, 0.05) is 5.56 Å². The van der Waals surface area contributed by atoms with Crippen LogP contribution in [-0.4, -0.2) is 11.4 Å². The molecule has 1 heterocycles. The van der Waals surface area contributed by atoms with Crippen LogP contribution in [0.3, 0.4) is 0 Å². The highest BCUT2D eigenvalue weighted by Gasteiger charge is 2.24. The molecule has 0 spiro atoms. The van der Waals surface area contributed by atoms with E-state index in [9.17, 15) is 0 Å². The average molecular weight is 174 g/mol. The van der Waals surface area contributed by atoms with Gasteiger partial charge in [0.05, 0.1) is 5.54 Å². The van der Waals surface area contributed by atoms with Crippen LogP contribution in [0.1, 0.15) is 25.0 Å². The first-order valence-corrected chi connectivity index (χ1v) is 4.52. The Labute approximate surface area is 78.5 Å². The maximum Gasteiger partial charge on any atom is 0.126 e. The normalized spacial score (nSPS) is 19.1. The van der Waals surface area contributed by atoms with Gasteiger partial charge in [0.15, 0.2) is 0 Å². The van der Waals surface area contributed by atoms with E-state index in [0.29, 0.717) is 5.84 Å². The summed E-state index contributed by atoms with van der Waals surface area (Å²) in [7, 11) is 0. The van der Waals surface area contributed by atoms with E-state index in [0.717, 1.165) is 12.0 Å². The van der Waals surface area contributed by atoms with Gasteiger partial charge in [-0.3, -0.25) is 4.99 Å². The molecule has 68 valence electrons. The van der Waals surface area contributed by atoms with E-state index in [-0.39, 0.29) is 5.54 Å². The van der Waals surface area contributed by atoms with Gasteiger partial charge < -0.3 is 5.73 Å². The quantitative estimate of drug-likeness (QED) is 0.639. The number of hydrogen-bond donors (Lipinski definition) is 1. The third kappa shape index (κ3) is 1.44. The minimum atomic E-state index is -0.0432. The molecule has 0 aliphatic carbocycles. The van der Waals surface area contributed by atoms with Crippen molar-refractivity contribution in [2.75, 3.05) is 0 Å². The molecule has 0 radical (unpaired) electrons. The summed E-state index contributed by atoms with van der Waals surface area (Å²) < 4.78 is 0. The first-order chi connectivity index (χ1) is 6.08. The van der Waals surface area contributed by atoms with E-state index in [1.807, 2.05) is 18.2 Å². The lowest BCUT2D eigenvalue weighted by Gasteiger charge is -2.27. The third-order valence-corrected chi connectivity index (χ3v) is 2.34. The Morgan fingerprint density at radius 3 is 2.77 bits per heavy atom. The van der Waals surface area contributed by atoms with Crippen LogP contribution in [0.2, 0.25) is 0 Å². The summed E-state index contributed by atoms with van der Waals surface area (Å²) in [6.07, 6.45) is 0.976. The fourth-order valence-corrected chi connectivity index (χ4v) is 1.82.